The highest BCUT2D eigenvalue weighted by molar-refractivity contribution is 9.10. The Labute approximate surface area is 112 Å². The largest absolute Gasteiger partial charge is 0.463 e. The fraction of sp³-hybridized carbons (Fsp3) is 0.333. The van der Waals surface area contributed by atoms with Crippen molar-refractivity contribution in [3.05, 3.63) is 33.2 Å². The number of fused-ring (bicyclic) bond motifs is 1. The molecule has 0 aliphatic carbocycles. The summed E-state index contributed by atoms with van der Waals surface area (Å²) in [5, 5.41) is 3.76. The maximum atomic E-state index is 14.0. The summed E-state index contributed by atoms with van der Waals surface area (Å²) < 4.78 is 20.0. The Morgan fingerprint density at radius 2 is 2.24 bits per heavy atom. The van der Waals surface area contributed by atoms with Crippen LogP contribution in [0.3, 0.4) is 0 Å². The number of nitrogens with one attached hydrogen (secondary N) is 1. The molecule has 0 amide bonds. The van der Waals surface area contributed by atoms with E-state index in [4.69, 9.17) is 16.0 Å². The first-order chi connectivity index (χ1) is 8.00. The van der Waals surface area contributed by atoms with Crippen molar-refractivity contribution in [2.24, 2.45) is 0 Å². The molecule has 2 aromatic rings. The molecule has 0 atom stereocenters. The highest BCUT2D eigenvalue weighted by atomic mass is 79.9. The van der Waals surface area contributed by atoms with Crippen molar-refractivity contribution in [1.82, 2.24) is 5.32 Å². The van der Waals surface area contributed by atoms with E-state index in [1.807, 2.05) is 13.8 Å². The summed E-state index contributed by atoms with van der Waals surface area (Å²) >= 11 is 9.13. The van der Waals surface area contributed by atoms with E-state index in [2.05, 4.69) is 21.2 Å². The van der Waals surface area contributed by atoms with Crippen LogP contribution in [0.25, 0.3) is 11.0 Å². The van der Waals surface area contributed by atoms with Gasteiger partial charge in [0.1, 0.15) is 0 Å². The third kappa shape index (κ3) is 2.49. The molecular weight excluding hydrogens is 308 g/mol. The van der Waals surface area contributed by atoms with E-state index in [1.54, 1.807) is 6.26 Å². The van der Waals surface area contributed by atoms with Gasteiger partial charge in [-0.2, -0.15) is 0 Å². The third-order valence-electron chi connectivity index (χ3n) is 2.47. The first-order valence-corrected chi connectivity index (χ1v) is 6.44. The molecule has 2 nitrogen and oxygen atoms in total. The molecule has 0 aliphatic rings. The van der Waals surface area contributed by atoms with Crippen molar-refractivity contribution in [3.8, 4) is 0 Å². The van der Waals surface area contributed by atoms with Gasteiger partial charge < -0.3 is 9.73 Å². The minimum atomic E-state index is -0.431. The van der Waals surface area contributed by atoms with Gasteiger partial charge >= 0.3 is 0 Å². The quantitative estimate of drug-likeness (QED) is 0.843. The summed E-state index contributed by atoms with van der Waals surface area (Å²) in [5.41, 5.74) is 1.27. The van der Waals surface area contributed by atoms with Crippen LogP contribution in [0.4, 0.5) is 4.39 Å². The summed E-state index contributed by atoms with van der Waals surface area (Å²) in [4.78, 5) is 0. The molecule has 2 rings (SSSR count). The smallest absolute Gasteiger partial charge is 0.153 e. The zero-order valence-corrected chi connectivity index (χ0v) is 11.8. The second-order valence-electron chi connectivity index (χ2n) is 4.15. The van der Waals surface area contributed by atoms with Gasteiger partial charge in [0.15, 0.2) is 11.4 Å². The van der Waals surface area contributed by atoms with E-state index in [0.29, 0.717) is 28.0 Å². The Morgan fingerprint density at radius 1 is 1.53 bits per heavy atom. The fourth-order valence-electron chi connectivity index (χ4n) is 1.61. The zero-order chi connectivity index (χ0) is 12.6. The van der Waals surface area contributed by atoms with Crippen molar-refractivity contribution < 1.29 is 8.81 Å². The van der Waals surface area contributed by atoms with Crippen LogP contribution in [0.15, 0.2) is 21.2 Å². The highest BCUT2D eigenvalue weighted by Gasteiger charge is 2.16. The molecule has 0 aliphatic heterocycles. The average molecular weight is 321 g/mol. The molecule has 0 radical (unpaired) electrons. The molecule has 0 unspecified atom stereocenters. The molecule has 1 N–H and O–H groups in total. The van der Waals surface area contributed by atoms with Crippen molar-refractivity contribution >= 4 is 38.5 Å². The predicted octanol–water partition coefficient (Wildman–Crippen LogP) is 4.49. The van der Waals surface area contributed by atoms with E-state index in [9.17, 15) is 4.39 Å². The molecule has 5 heteroatoms. The minimum Gasteiger partial charge on any atom is -0.463 e. The fourth-order valence-corrected chi connectivity index (χ4v) is 2.47. The molecule has 1 aromatic carbocycles. The lowest BCUT2D eigenvalue weighted by Gasteiger charge is -2.07. The lowest BCUT2D eigenvalue weighted by atomic mass is 10.1. The number of benzene rings is 1. The number of furan rings is 1. The Kier molecular flexibility index (Phi) is 3.76. The molecule has 0 bridgehead atoms. The summed E-state index contributed by atoms with van der Waals surface area (Å²) in [6.45, 7) is 4.61. The van der Waals surface area contributed by atoms with Gasteiger partial charge in [-0.3, -0.25) is 0 Å². The second-order valence-corrected chi connectivity index (χ2v) is 5.42. The summed E-state index contributed by atoms with van der Waals surface area (Å²) in [5.74, 6) is -0.431. The topological polar surface area (TPSA) is 25.2 Å². The number of halogens is 3. The Balaban J connectivity index is 2.51. The van der Waals surface area contributed by atoms with Gasteiger partial charge in [-0.15, -0.1) is 0 Å². The highest BCUT2D eigenvalue weighted by Crippen LogP contribution is 2.34. The zero-order valence-electron chi connectivity index (χ0n) is 9.48. The minimum absolute atomic E-state index is 0.0940. The van der Waals surface area contributed by atoms with Gasteiger partial charge in [-0.25, -0.2) is 4.39 Å². The van der Waals surface area contributed by atoms with Crippen molar-refractivity contribution in [3.63, 3.8) is 0 Å². The summed E-state index contributed by atoms with van der Waals surface area (Å²) in [6, 6.07) is 1.83. The van der Waals surface area contributed by atoms with Crippen molar-refractivity contribution in [2.45, 2.75) is 26.4 Å². The van der Waals surface area contributed by atoms with E-state index in [-0.39, 0.29) is 5.02 Å². The molecule has 1 heterocycles. The standard InChI is InChI=1S/C12H12BrClFNO/c1-6(2)16-4-7-5-17-12-8(13)3-9(14)11(15)10(7)12/h3,5-6,16H,4H2,1-2H3. The van der Waals surface area contributed by atoms with Gasteiger partial charge in [0.25, 0.3) is 0 Å². The second kappa shape index (κ2) is 4.96. The van der Waals surface area contributed by atoms with Crippen LogP contribution < -0.4 is 5.32 Å². The Hall–Kier alpha value is -0.580. The van der Waals surface area contributed by atoms with Crippen molar-refractivity contribution in [1.29, 1.82) is 0 Å². The van der Waals surface area contributed by atoms with Gasteiger partial charge in [0, 0.05) is 18.2 Å². The van der Waals surface area contributed by atoms with Gasteiger partial charge in [0.05, 0.1) is 21.1 Å². The molecule has 0 saturated heterocycles. The van der Waals surface area contributed by atoms with Gasteiger partial charge in [-0.1, -0.05) is 25.4 Å². The van der Waals surface area contributed by atoms with E-state index >= 15 is 0 Å². The average Bonchev–Trinajstić information content (AvgIpc) is 2.67. The molecule has 17 heavy (non-hydrogen) atoms. The Morgan fingerprint density at radius 3 is 2.88 bits per heavy atom. The van der Waals surface area contributed by atoms with Gasteiger partial charge in [-0.05, 0) is 22.0 Å². The van der Waals surface area contributed by atoms with Crippen LogP contribution in [-0.2, 0) is 6.54 Å². The lowest BCUT2D eigenvalue weighted by Crippen LogP contribution is -2.21. The van der Waals surface area contributed by atoms with Crippen LogP contribution in [0, 0.1) is 5.82 Å². The molecule has 0 spiro atoms. The first kappa shape index (κ1) is 12.9. The molecule has 0 fully saturated rings. The van der Waals surface area contributed by atoms with Crippen LogP contribution in [0.1, 0.15) is 19.4 Å². The number of hydrogen-bond acceptors (Lipinski definition) is 2. The first-order valence-electron chi connectivity index (χ1n) is 5.27. The van der Waals surface area contributed by atoms with Crippen LogP contribution in [0.5, 0.6) is 0 Å². The molecular formula is C12H12BrClFNO. The van der Waals surface area contributed by atoms with Crippen molar-refractivity contribution in [2.75, 3.05) is 0 Å². The summed E-state index contributed by atoms with van der Waals surface area (Å²) in [6.07, 6.45) is 1.56. The SMILES string of the molecule is CC(C)NCc1coc2c(Br)cc(Cl)c(F)c12. The molecule has 1 aromatic heterocycles. The third-order valence-corrected chi connectivity index (χ3v) is 3.33. The molecule has 0 saturated carbocycles. The summed E-state index contributed by atoms with van der Waals surface area (Å²) in [7, 11) is 0. The number of rotatable bonds is 3. The van der Waals surface area contributed by atoms with E-state index in [1.165, 1.54) is 6.07 Å². The van der Waals surface area contributed by atoms with E-state index in [0.717, 1.165) is 5.56 Å². The van der Waals surface area contributed by atoms with Crippen LogP contribution in [-0.4, -0.2) is 6.04 Å². The predicted molar refractivity (Wildman–Crippen MR) is 70.9 cm³/mol. The maximum absolute atomic E-state index is 14.0. The maximum Gasteiger partial charge on any atom is 0.153 e. The van der Waals surface area contributed by atoms with Crippen LogP contribution in [0.2, 0.25) is 5.02 Å². The number of hydrogen-bond donors (Lipinski definition) is 1. The monoisotopic (exact) mass is 319 g/mol. The van der Waals surface area contributed by atoms with Crippen LogP contribution >= 0.6 is 27.5 Å². The van der Waals surface area contributed by atoms with E-state index < -0.39 is 5.82 Å². The normalized spacial score (nSPS) is 11.6. The molecule has 92 valence electrons. The Bertz CT molecular complexity index is 553. The lowest BCUT2D eigenvalue weighted by molar-refractivity contribution is 0.572. The van der Waals surface area contributed by atoms with Gasteiger partial charge in [0.2, 0.25) is 0 Å².